The number of aliphatic carboxylic acids is 2. The number of anilines is 2. The third-order valence-corrected chi connectivity index (χ3v) is 12.2. The largest absolute Gasteiger partial charge is 0.550 e. The molecule has 0 aromatic heterocycles. The van der Waals surface area contributed by atoms with Crippen molar-refractivity contribution >= 4 is 72.3 Å². The van der Waals surface area contributed by atoms with Gasteiger partial charge in [-0.05, 0) is 72.5 Å². The molecule has 0 amide bonds. The molecule has 0 unspecified atom stereocenters. The van der Waals surface area contributed by atoms with Crippen LogP contribution in [0.2, 0.25) is 0 Å². The van der Waals surface area contributed by atoms with Gasteiger partial charge in [-0.1, -0.05) is 108 Å². The second kappa shape index (κ2) is 15.9. The highest BCUT2D eigenvalue weighted by atomic mass is 79.9. The zero-order valence-electron chi connectivity index (χ0n) is 32.1. The number of nitrogens with zero attached hydrogens (tertiary/aromatic N) is 3. The third-order valence-electron chi connectivity index (χ3n) is 11.2. The van der Waals surface area contributed by atoms with E-state index < -0.39 is 11.9 Å². The van der Waals surface area contributed by atoms with E-state index in [0.717, 1.165) is 83.9 Å². The van der Waals surface area contributed by atoms with Gasteiger partial charge in [0.1, 0.15) is 0 Å². The number of hydrogen-bond donors (Lipinski definition) is 1. The molecule has 0 bridgehead atoms. The summed E-state index contributed by atoms with van der Waals surface area (Å²) >= 11 is 7.32. The van der Waals surface area contributed by atoms with Crippen LogP contribution in [0.4, 0.5) is 22.7 Å². The molecule has 1 N–H and O–H groups in total. The Labute approximate surface area is 345 Å². The van der Waals surface area contributed by atoms with Crippen LogP contribution >= 0.6 is 31.9 Å². The summed E-state index contributed by atoms with van der Waals surface area (Å²) in [5.74, 6) is -1.91. The predicted octanol–water partition coefficient (Wildman–Crippen LogP) is 10.1. The molecule has 1 saturated carbocycles. The van der Waals surface area contributed by atoms with E-state index in [2.05, 4.69) is 171 Å². The zero-order valence-corrected chi connectivity index (χ0v) is 35.2. The van der Waals surface area contributed by atoms with Gasteiger partial charge in [-0.15, -0.1) is 0 Å². The summed E-state index contributed by atoms with van der Waals surface area (Å²) in [7, 11) is 0. The van der Waals surface area contributed by atoms with Crippen LogP contribution in [0.5, 0.6) is 0 Å². The SMILES string of the molecule is CC1(C)/C(=C\C=C2/CC/C(=C\C=C3\N(CCC(=O)O)c4ccc(Br)cc4C3(C)C)C2=[N+](c2ccccc2)c2ccccc2)N(CCC(=O)[O-])c2ccc(Br)cc21. The quantitative estimate of drug-likeness (QED) is 0.160. The monoisotopic (exact) mass is 873 g/mol. The molecule has 2 aliphatic heterocycles. The Kier molecular flexibility index (Phi) is 11.1. The molecule has 0 saturated heterocycles. The highest BCUT2D eigenvalue weighted by Crippen LogP contribution is 2.50. The van der Waals surface area contributed by atoms with Crippen molar-refractivity contribution < 1.29 is 19.8 Å². The van der Waals surface area contributed by atoms with Crippen molar-refractivity contribution in [3.8, 4) is 0 Å². The molecule has 0 atom stereocenters. The predicted molar refractivity (Wildman–Crippen MR) is 232 cm³/mol. The molecule has 2 heterocycles. The smallest absolute Gasteiger partial charge is 0.305 e. The van der Waals surface area contributed by atoms with Crippen molar-refractivity contribution in [2.24, 2.45) is 0 Å². The number of allylic oxidation sites excluding steroid dienone is 8. The lowest BCUT2D eigenvalue weighted by Crippen LogP contribution is -2.32. The topological polar surface area (TPSA) is 86.9 Å². The minimum atomic E-state index is -1.08. The number of carboxylic acids is 2. The number of carbonyl (C=O) groups is 2. The minimum absolute atomic E-state index is 0.0192. The number of halogens is 2. The lowest BCUT2D eigenvalue weighted by molar-refractivity contribution is -0.305. The van der Waals surface area contributed by atoms with Gasteiger partial charge in [0.2, 0.25) is 17.1 Å². The molecule has 1 fully saturated rings. The van der Waals surface area contributed by atoms with Crippen LogP contribution < -0.4 is 19.5 Å². The Hall–Kier alpha value is -4.99. The van der Waals surface area contributed by atoms with Gasteiger partial charge in [0.05, 0.1) is 6.42 Å². The summed E-state index contributed by atoms with van der Waals surface area (Å²) in [5.41, 5.74) is 11.1. The van der Waals surface area contributed by atoms with E-state index in [9.17, 15) is 19.8 Å². The van der Waals surface area contributed by atoms with E-state index in [0.29, 0.717) is 13.1 Å². The molecule has 4 aromatic rings. The maximum absolute atomic E-state index is 11.8. The zero-order chi connectivity index (χ0) is 39.8. The van der Waals surface area contributed by atoms with Crippen molar-refractivity contribution in [3.05, 3.63) is 164 Å². The Morgan fingerprint density at radius 1 is 0.679 bits per heavy atom. The van der Waals surface area contributed by atoms with Gasteiger partial charge in [0.25, 0.3) is 0 Å². The van der Waals surface area contributed by atoms with E-state index in [1.807, 2.05) is 24.3 Å². The maximum atomic E-state index is 11.8. The van der Waals surface area contributed by atoms with Gasteiger partial charge in [-0.25, -0.2) is 0 Å². The van der Waals surface area contributed by atoms with Crippen LogP contribution in [0.3, 0.4) is 0 Å². The van der Waals surface area contributed by atoms with Crippen LogP contribution in [0.1, 0.15) is 64.5 Å². The highest BCUT2D eigenvalue weighted by molar-refractivity contribution is 9.10. The van der Waals surface area contributed by atoms with Crippen molar-refractivity contribution in [2.45, 2.75) is 64.2 Å². The summed E-state index contributed by atoms with van der Waals surface area (Å²) in [5, 5.41) is 21.4. The molecule has 7 rings (SSSR count). The number of carboxylic acid groups (broad SMARTS) is 2. The van der Waals surface area contributed by atoms with Gasteiger partial charge in [0, 0.05) is 103 Å². The molecule has 286 valence electrons. The first-order chi connectivity index (χ1) is 26.8. The fraction of sp³-hybridized carbons (Fsp3) is 0.255. The second-order valence-electron chi connectivity index (χ2n) is 15.5. The third kappa shape index (κ3) is 7.59. The van der Waals surface area contributed by atoms with Gasteiger partial charge in [-0.3, -0.25) is 4.79 Å². The van der Waals surface area contributed by atoms with Crippen molar-refractivity contribution in [1.29, 1.82) is 0 Å². The Morgan fingerprint density at radius 3 is 1.52 bits per heavy atom. The number of benzene rings is 4. The summed E-state index contributed by atoms with van der Waals surface area (Å²) in [6, 6.07) is 33.2. The minimum Gasteiger partial charge on any atom is -0.550 e. The van der Waals surface area contributed by atoms with Crippen molar-refractivity contribution in [2.75, 3.05) is 22.9 Å². The fourth-order valence-electron chi connectivity index (χ4n) is 8.43. The normalized spacial score (nSPS) is 19.6. The number of para-hydroxylation sites is 2. The Bertz CT molecular complexity index is 2190. The molecule has 4 aromatic carbocycles. The van der Waals surface area contributed by atoms with E-state index in [4.69, 9.17) is 0 Å². The number of carbonyl (C=O) groups excluding carboxylic acids is 1. The molecule has 7 nitrogen and oxygen atoms in total. The molecular formula is C47H45Br2N3O4. The molecule has 9 heteroatoms. The number of rotatable bonds is 10. The van der Waals surface area contributed by atoms with Crippen LogP contribution in [0.15, 0.2) is 153 Å². The lowest BCUT2D eigenvalue weighted by atomic mass is 9.83. The second-order valence-corrected chi connectivity index (χ2v) is 17.3. The first-order valence-electron chi connectivity index (χ1n) is 18.9. The van der Waals surface area contributed by atoms with Gasteiger partial charge >= 0.3 is 5.97 Å². The van der Waals surface area contributed by atoms with Crippen LogP contribution in [0, 0.1) is 0 Å². The highest BCUT2D eigenvalue weighted by Gasteiger charge is 2.42. The maximum Gasteiger partial charge on any atom is 0.305 e. The van der Waals surface area contributed by atoms with Crippen molar-refractivity contribution in [1.82, 2.24) is 4.58 Å². The van der Waals surface area contributed by atoms with E-state index >= 15 is 0 Å². The van der Waals surface area contributed by atoms with Crippen LogP contribution in [0.25, 0.3) is 0 Å². The van der Waals surface area contributed by atoms with Gasteiger partial charge in [0.15, 0.2) is 0 Å². The first-order valence-corrected chi connectivity index (χ1v) is 20.5. The van der Waals surface area contributed by atoms with Crippen LogP contribution in [-0.2, 0) is 20.4 Å². The molecule has 0 radical (unpaired) electrons. The van der Waals surface area contributed by atoms with E-state index in [1.54, 1.807) is 0 Å². The summed E-state index contributed by atoms with van der Waals surface area (Å²) in [4.78, 5) is 27.8. The summed E-state index contributed by atoms with van der Waals surface area (Å²) in [6.07, 6.45) is 10.3. The molecule has 0 spiro atoms. The fourth-order valence-corrected chi connectivity index (χ4v) is 9.15. The van der Waals surface area contributed by atoms with Crippen LogP contribution in [-0.4, -0.2) is 35.8 Å². The summed E-state index contributed by atoms with van der Waals surface area (Å²) in [6.45, 7) is 9.45. The molecule has 56 heavy (non-hydrogen) atoms. The Balaban J connectivity index is 1.42. The average Bonchev–Trinajstić information content (AvgIpc) is 3.72. The molecule has 1 aliphatic carbocycles. The average molecular weight is 876 g/mol. The molecule has 3 aliphatic rings. The Morgan fingerprint density at radius 2 is 1.11 bits per heavy atom. The standard InChI is InChI=1S/C47H45Br2N3O4/c1-46(2)37-29-33(48)19-21-39(37)50(27-25-43(53)54)41(46)23-17-31-15-16-32(45(31)52(35-11-7-5-8-12-35)36-13-9-6-10-14-36)18-24-42-47(3,4)38-30-34(49)20-22-40(38)51(42)28-26-44(55)56/h5-14,17-24,29-30H,15-16,25-28H2,1-4H3,(H-,53,54,55,56). The lowest BCUT2D eigenvalue weighted by Gasteiger charge is -2.27. The number of hydrogen-bond acceptors (Lipinski definition) is 5. The van der Waals surface area contributed by atoms with Gasteiger partial charge < -0.3 is 24.8 Å². The number of fused-ring (bicyclic) bond motifs is 2. The van der Waals surface area contributed by atoms with Gasteiger partial charge in [-0.2, -0.15) is 4.58 Å². The summed E-state index contributed by atoms with van der Waals surface area (Å²) < 4.78 is 4.29. The van der Waals surface area contributed by atoms with E-state index in [1.165, 1.54) is 0 Å². The van der Waals surface area contributed by atoms with E-state index in [-0.39, 0.29) is 23.7 Å². The van der Waals surface area contributed by atoms with Crippen molar-refractivity contribution in [3.63, 3.8) is 0 Å². The first kappa shape index (κ1) is 39.3. The molecular weight excluding hydrogens is 830 g/mol.